The van der Waals surface area contributed by atoms with Gasteiger partial charge in [-0.3, -0.25) is 38.4 Å². The number of rotatable bonds is 20. The molecule has 0 spiro atoms. The Morgan fingerprint density at radius 1 is 0.458 bits per heavy atom. The number of amides is 8. The van der Waals surface area contributed by atoms with Gasteiger partial charge in [0, 0.05) is 50.1 Å². The first-order valence-electron chi connectivity index (χ1n) is 27.8. The van der Waals surface area contributed by atoms with E-state index >= 15 is 0 Å². The van der Waals surface area contributed by atoms with E-state index in [0.717, 1.165) is 64.2 Å². The second-order valence-electron chi connectivity index (χ2n) is 24.1. The van der Waals surface area contributed by atoms with Crippen LogP contribution in [0, 0.1) is 34.5 Å². The average Bonchev–Trinajstić information content (AvgIpc) is 4.08. The Hall–Kier alpha value is -4.32. The highest BCUT2D eigenvalue weighted by atomic mass is 16.2. The van der Waals surface area contributed by atoms with Crippen molar-refractivity contribution in [1.29, 1.82) is 0 Å². The first-order chi connectivity index (χ1) is 34.0. The van der Waals surface area contributed by atoms with E-state index in [9.17, 15) is 38.4 Å². The van der Waals surface area contributed by atoms with E-state index in [2.05, 4.69) is 42.5 Å². The Balaban J connectivity index is 1.19. The quantitative estimate of drug-likeness (QED) is 0.0885. The summed E-state index contributed by atoms with van der Waals surface area (Å²) in [6.07, 6.45) is 14.9. The summed E-state index contributed by atoms with van der Waals surface area (Å²) in [4.78, 5) is 114. The summed E-state index contributed by atoms with van der Waals surface area (Å²) >= 11 is 0. The molecule has 5 aliphatic rings. The van der Waals surface area contributed by atoms with E-state index in [1.165, 1.54) is 0 Å². The van der Waals surface area contributed by atoms with Crippen molar-refractivity contribution in [1.82, 2.24) is 52.3 Å². The maximum atomic E-state index is 14.2. The summed E-state index contributed by atoms with van der Waals surface area (Å²) in [5.74, 6) is -2.29. The lowest BCUT2D eigenvalue weighted by molar-refractivity contribution is -0.144. The maximum Gasteiger partial charge on any atom is 0.246 e. The van der Waals surface area contributed by atoms with E-state index in [4.69, 9.17) is 0 Å². The molecule has 10 unspecified atom stereocenters. The molecule has 5 rings (SSSR count). The molecular weight excluding hydrogens is 917 g/mol. The lowest BCUT2D eigenvalue weighted by Gasteiger charge is -2.37. The summed E-state index contributed by atoms with van der Waals surface area (Å²) in [6, 6.07) is -4.66. The number of hydrogen-bond donors (Lipinski definition) is 8. The van der Waals surface area contributed by atoms with Gasteiger partial charge in [0.25, 0.3) is 0 Å². The molecule has 72 heavy (non-hydrogen) atoms. The molecule has 0 aromatic rings. The highest BCUT2D eigenvalue weighted by molar-refractivity contribution is 5.95. The first-order valence-corrected chi connectivity index (χ1v) is 27.8. The van der Waals surface area contributed by atoms with Crippen LogP contribution in [0.5, 0.6) is 0 Å². The Kier molecular flexibility index (Phi) is 21.8. The minimum atomic E-state index is -0.822. The second kappa shape index (κ2) is 26.8. The average molecular weight is 1010 g/mol. The van der Waals surface area contributed by atoms with Gasteiger partial charge in [0.15, 0.2) is 0 Å². The molecule has 2 aliphatic heterocycles. The van der Waals surface area contributed by atoms with E-state index in [-0.39, 0.29) is 96.1 Å². The fourth-order valence-corrected chi connectivity index (χ4v) is 11.7. The van der Waals surface area contributed by atoms with Crippen LogP contribution >= 0.6 is 0 Å². The fourth-order valence-electron chi connectivity index (χ4n) is 11.7. The van der Waals surface area contributed by atoms with Crippen molar-refractivity contribution in [3.8, 4) is 0 Å². The molecule has 18 heteroatoms. The zero-order chi connectivity index (χ0) is 52.9. The summed E-state index contributed by atoms with van der Waals surface area (Å²) < 4.78 is 0. The van der Waals surface area contributed by atoms with Crippen LogP contribution in [0.15, 0.2) is 0 Å². The number of nitrogens with zero attached hydrogens (tertiary/aromatic N) is 2. The number of carbonyl (C=O) groups is 8. The maximum absolute atomic E-state index is 14.2. The van der Waals surface area contributed by atoms with Crippen molar-refractivity contribution in [3.63, 3.8) is 0 Å². The predicted molar refractivity (Wildman–Crippen MR) is 278 cm³/mol. The van der Waals surface area contributed by atoms with Crippen molar-refractivity contribution < 1.29 is 38.4 Å². The topological polar surface area (TPSA) is 239 Å². The summed E-state index contributed by atoms with van der Waals surface area (Å²) in [5, 5.41) is 24.7. The van der Waals surface area contributed by atoms with Crippen LogP contribution in [-0.2, 0) is 38.4 Å². The molecule has 8 amide bonds. The summed E-state index contributed by atoms with van der Waals surface area (Å²) in [7, 11) is 3.38. The third-order valence-corrected chi connectivity index (χ3v) is 16.6. The van der Waals surface area contributed by atoms with Gasteiger partial charge in [-0.25, -0.2) is 0 Å². The van der Waals surface area contributed by atoms with Crippen LogP contribution in [0.25, 0.3) is 0 Å². The molecule has 3 saturated carbocycles. The van der Waals surface area contributed by atoms with Gasteiger partial charge in [0.2, 0.25) is 47.3 Å². The number of hydrogen-bond acceptors (Lipinski definition) is 10. The Bertz CT molecular complexity index is 1740. The molecule has 2 saturated heterocycles. The van der Waals surface area contributed by atoms with Gasteiger partial charge in [-0.1, -0.05) is 86.5 Å². The largest absolute Gasteiger partial charge is 0.354 e. The first kappa shape index (κ1) is 58.6. The predicted octanol–water partition coefficient (Wildman–Crippen LogP) is 3.42. The SMILES string of the molecule is CNC(C)C(=O)NC(C(=O)N1CCCC1C(=O)NC(CNC(=O)C1CCCC(C(=O)NCC(NC(=O)C2CCCN2C(=O)C(NC(=O)C(C)NC)C(C)(C)C)C2CCCCC2)C1)C1CCCCC1)C(C)(C)C. The summed E-state index contributed by atoms with van der Waals surface area (Å²) in [6.45, 7) is 16.2. The second-order valence-corrected chi connectivity index (χ2v) is 24.1. The Morgan fingerprint density at radius 2 is 0.819 bits per heavy atom. The number of likely N-dealkylation sites (N-methyl/N-ethyl adjacent to an activating group) is 2. The smallest absolute Gasteiger partial charge is 0.246 e. The standard InChI is InChI=1S/C54H94N10O8/c1-33(55-9)45(65)61-43(53(3,4)5)51(71)63-28-18-26-41(63)49(69)59-39(35-20-13-11-14-21-35)31-57-47(67)37-24-17-25-38(30-37)48(68)58-32-40(36-22-15-12-16-23-36)60-50(70)42-27-19-29-64(42)52(72)44(54(6,7)8)62-46(66)34(2)56-10/h33-44,55-56H,11-32H2,1-10H3,(H,57,67)(H,58,68)(H,59,69)(H,60,70)(H,61,65)(H,62,66). The van der Waals surface area contributed by atoms with Crippen LogP contribution in [0.4, 0.5) is 0 Å². The monoisotopic (exact) mass is 1010 g/mol. The molecular formula is C54H94N10O8. The molecule has 5 fully saturated rings. The van der Waals surface area contributed by atoms with Crippen molar-refractivity contribution >= 4 is 47.3 Å². The fraction of sp³-hybridized carbons (Fsp3) is 0.852. The number of carbonyl (C=O) groups excluding carboxylic acids is 8. The van der Waals surface area contributed by atoms with Crippen LogP contribution in [-0.4, -0.2) is 146 Å². The zero-order valence-electron chi connectivity index (χ0n) is 45.6. The summed E-state index contributed by atoms with van der Waals surface area (Å²) in [5.41, 5.74) is -1.20. The molecule has 0 radical (unpaired) electrons. The van der Waals surface area contributed by atoms with Gasteiger partial charge in [0.05, 0.1) is 12.1 Å². The van der Waals surface area contributed by atoms with Gasteiger partial charge >= 0.3 is 0 Å². The minimum absolute atomic E-state index is 0.132. The minimum Gasteiger partial charge on any atom is -0.354 e. The number of nitrogens with one attached hydrogen (secondary N) is 8. The van der Waals surface area contributed by atoms with Crippen molar-refractivity contribution in [2.45, 2.75) is 219 Å². The molecule has 0 bridgehead atoms. The third kappa shape index (κ3) is 15.8. The van der Waals surface area contributed by atoms with Gasteiger partial charge in [-0.15, -0.1) is 0 Å². The lowest BCUT2D eigenvalue weighted by Crippen LogP contribution is -2.60. The molecule has 18 nitrogen and oxygen atoms in total. The van der Waals surface area contributed by atoms with Gasteiger partial charge in [-0.2, -0.15) is 0 Å². The van der Waals surface area contributed by atoms with Gasteiger partial charge < -0.3 is 52.3 Å². The van der Waals surface area contributed by atoms with Gasteiger partial charge in [-0.05, 0) is 121 Å². The lowest BCUT2D eigenvalue weighted by atomic mass is 9.80. The van der Waals surface area contributed by atoms with Crippen LogP contribution in [0.1, 0.15) is 171 Å². The molecule has 2 heterocycles. The molecule has 10 atom stereocenters. The van der Waals surface area contributed by atoms with Crippen molar-refractivity contribution in [2.24, 2.45) is 34.5 Å². The molecule has 3 aliphatic carbocycles. The van der Waals surface area contributed by atoms with Crippen LogP contribution < -0.4 is 42.5 Å². The zero-order valence-corrected chi connectivity index (χ0v) is 45.6. The van der Waals surface area contributed by atoms with Crippen molar-refractivity contribution in [2.75, 3.05) is 40.3 Å². The van der Waals surface area contributed by atoms with Gasteiger partial charge in [0.1, 0.15) is 24.2 Å². The highest BCUT2D eigenvalue weighted by Gasteiger charge is 2.45. The highest BCUT2D eigenvalue weighted by Crippen LogP contribution is 2.33. The number of likely N-dealkylation sites (tertiary alicyclic amines) is 2. The van der Waals surface area contributed by atoms with Crippen LogP contribution in [0.3, 0.4) is 0 Å². The Morgan fingerprint density at radius 3 is 1.15 bits per heavy atom. The van der Waals surface area contributed by atoms with E-state index in [1.54, 1.807) is 37.7 Å². The van der Waals surface area contributed by atoms with Crippen LogP contribution in [0.2, 0.25) is 0 Å². The molecule has 0 aromatic carbocycles. The molecule has 408 valence electrons. The van der Waals surface area contributed by atoms with E-state index in [1.807, 2.05) is 41.5 Å². The Labute approximate surface area is 430 Å². The van der Waals surface area contributed by atoms with E-state index < -0.39 is 47.1 Å². The normalized spacial score (nSPS) is 25.0. The third-order valence-electron chi connectivity index (χ3n) is 16.6. The van der Waals surface area contributed by atoms with Crippen molar-refractivity contribution in [3.05, 3.63) is 0 Å². The molecule has 0 aromatic heterocycles. The molecule has 8 N–H and O–H groups in total. The van der Waals surface area contributed by atoms with E-state index in [0.29, 0.717) is 64.5 Å².